The third-order valence-corrected chi connectivity index (χ3v) is 3.87. The Hall–Kier alpha value is -1.53. The molecule has 7 N–H and O–H groups in total. The highest BCUT2D eigenvalue weighted by Gasteiger charge is 2.47. The van der Waals surface area contributed by atoms with Crippen LogP contribution < -0.4 is 10.3 Å². The molecule has 4 atom stereocenters. The molecule has 0 spiro atoms. The molecule has 0 saturated carbocycles. The Bertz CT molecular complexity index is 645. The molecule has 1 aliphatic rings. The number of imidazole rings is 1. The first-order chi connectivity index (χ1) is 11.2. The van der Waals surface area contributed by atoms with E-state index in [1.807, 2.05) is 0 Å². The summed E-state index contributed by atoms with van der Waals surface area (Å²) in [5, 5.41) is 20.0. The van der Waals surface area contributed by atoms with Gasteiger partial charge in [0.1, 0.15) is 18.3 Å². The summed E-state index contributed by atoms with van der Waals surface area (Å²) in [6, 6.07) is 0. The number of aromatic amines is 1. The molecule has 2 rings (SSSR count). The van der Waals surface area contributed by atoms with Gasteiger partial charge in [0.25, 0.3) is 11.5 Å². The summed E-state index contributed by atoms with van der Waals surface area (Å²) in [5.41, 5.74) is 5.75. The van der Waals surface area contributed by atoms with Crippen molar-refractivity contribution in [3.8, 4) is 0 Å². The zero-order valence-electron chi connectivity index (χ0n) is 12.6. The van der Waals surface area contributed by atoms with Gasteiger partial charge in [0.05, 0.1) is 13.2 Å². The van der Waals surface area contributed by atoms with Crippen LogP contribution in [0.3, 0.4) is 0 Å². The fourth-order valence-electron chi connectivity index (χ4n) is 2.25. The highest BCUT2D eigenvalue weighted by Crippen LogP contribution is 2.37. The normalized spacial score (nSPS) is 27.4. The number of nitrogens with two attached hydrogens (primary N) is 1. The summed E-state index contributed by atoms with van der Waals surface area (Å²) < 4.78 is 26.3. The number of anilines is 1. The number of ether oxygens (including phenoxy) is 2. The van der Waals surface area contributed by atoms with Crippen molar-refractivity contribution < 1.29 is 47.9 Å². The van der Waals surface area contributed by atoms with Gasteiger partial charge in [0, 0.05) is 0 Å². The van der Waals surface area contributed by atoms with Crippen molar-refractivity contribution in [2.75, 3.05) is 18.9 Å². The molecule has 0 aliphatic carbocycles. The number of nitrogens with one attached hydrogen (secondary N) is 1. The van der Waals surface area contributed by atoms with Gasteiger partial charge in [-0.1, -0.05) is 0 Å². The lowest BCUT2D eigenvalue weighted by molar-refractivity contribution is -0.752. The van der Waals surface area contributed by atoms with Crippen molar-refractivity contribution in [3.63, 3.8) is 0 Å². The molecule has 0 unspecified atom stereocenters. The first kappa shape index (κ1) is 18.8. The molecule has 1 saturated heterocycles. The standard InChI is InChI=1S/C11H18N3O9P/c1-2-21-11(17)6-9(12)14(4-13-6)10-8(16)7(15)5(23-10)3-22-24(18,19)20/h4-5,7-8,10,15-16H,2-3H2,1H3,(H4,12,17,18,19,20)/p+1/t5-,7-,8-,10-/m0/s1. The topological polar surface area (TPSA) is 188 Å². The first-order valence-corrected chi connectivity index (χ1v) is 8.45. The van der Waals surface area contributed by atoms with Gasteiger partial charge in [0.2, 0.25) is 6.23 Å². The number of aromatic nitrogens is 2. The number of phosphoric ester groups is 1. The van der Waals surface area contributed by atoms with Crippen LogP contribution in [0.25, 0.3) is 0 Å². The molecule has 0 aromatic carbocycles. The maximum atomic E-state index is 11.7. The van der Waals surface area contributed by atoms with Crippen LogP contribution in [-0.4, -0.2) is 62.5 Å². The van der Waals surface area contributed by atoms with E-state index in [-0.39, 0.29) is 18.1 Å². The Kier molecular flexibility index (Phi) is 5.60. The second-order valence-corrected chi connectivity index (χ2v) is 6.23. The maximum Gasteiger partial charge on any atom is 0.469 e. The summed E-state index contributed by atoms with van der Waals surface area (Å²) in [6.07, 6.45) is -4.09. The van der Waals surface area contributed by atoms with Gasteiger partial charge >= 0.3 is 13.8 Å². The minimum absolute atomic E-state index is 0.0583. The average molecular weight is 368 g/mol. The highest BCUT2D eigenvalue weighted by molar-refractivity contribution is 7.46. The molecule has 0 radical (unpaired) electrons. The molecular formula is C11H19N3O9P+. The lowest BCUT2D eigenvalue weighted by Crippen LogP contribution is -2.47. The number of esters is 1. The van der Waals surface area contributed by atoms with Gasteiger partial charge in [-0.3, -0.25) is 9.51 Å². The number of carbonyl (C=O) groups is 1. The van der Waals surface area contributed by atoms with E-state index in [4.69, 9.17) is 25.0 Å². The van der Waals surface area contributed by atoms with Crippen molar-refractivity contribution in [3.05, 3.63) is 12.0 Å². The van der Waals surface area contributed by atoms with E-state index in [1.54, 1.807) is 6.92 Å². The molecule has 2 heterocycles. The van der Waals surface area contributed by atoms with E-state index >= 15 is 0 Å². The van der Waals surface area contributed by atoms with Crippen LogP contribution in [0, 0.1) is 0 Å². The Morgan fingerprint density at radius 2 is 2.12 bits per heavy atom. The van der Waals surface area contributed by atoms with Crippen LogP contribution in [0.5, 0.6) is 0 Å². The third kappa shape index (κ3) is 3.92. The third-order valence-electron chi connectivity index (χ3n) is 3.38. The number of aliphatic hydroxyl groups is 2. The zero-order chi connectivity index (χ0) is 18.1. The number of nitrogen functional groups attached to an aromatic ring is 1. The highest BCUT2D eigenvalue weighted by atomic mass is 31.2. The monoisotopic (exact) mass is 368 g/mol. The Morgan fingerprint density at radius 3 is 2.71 bits per heavy atom. The van der Waals surface area contributed by atoms with Gasteiger partial charge in [-0.05, 0) is 6.92 Å². The van der Waals surface area contributed by atoms with Crippen LogP contribution in [0.15, 0.2) is 6.33 Å². The quantitative estimate of drug-likeness (QED) is 0.182. The summed E-state index contributed by atoms with van der Waals surface area (Å²) >= 11 is 0. The molecule has 24 heavy (non-hydrogen) atoms. The molecule has 0 amide bonds. The number of hydrogen-bond acceptors (Lipinski definition) is 8. The Balaban J connectivity index is 2.15. The van der Waals surface area contributed by atoms with Crippen LogP contribution in [0.1, 0.15) is 23.6 Å². The Labute approximate surface area is 136 Å². The van der Waals surface area contributed by atoms with Gasteiger partial charge in [0.15, 0.2) is 6.33 Å². The van der Waals surface area contributed by atoms with E-state index in [0.717, 1.165) is 4.57 Å². The average Bonchev–Trinajstić information content (AvgIpc) is 2.99. The van der Waals surface area contributed by atoms with E-state index in [0.29, 0.717) is 0 Å². The molecule has 1 aromatic heterocycles. The molecule has 136 valence electrons. The predicted octanol–water partition coefficient (Wildman–Crippen LogP) is -2.21. The molecule has 0 bridgehead atoms. The van der Waals surface area contributed by atoms with Crippen molar-refractivity contribution in [1.29, 1.82) is 0 Å². The molecule has 1 aliphatic heterocycles. The van der Waals surface area contributed by atoms with Gasteiger partial charge in [-0.2, -0.15) is 0 Å². The predicted molar refractivity (Wildman–Crippen MR) is 75.3 cm³/mol. The molecule has 13 heteroatoms. The maximum absolute atomic E-state index is 11.7. The van der Waals surface area contributed by atoms with Crippen molar-refractivity contribution in [2.24, 2.45) is 0 Å². The second-order valence-electron chi connectivity index (χ2n) is 4.99. The number of hydrogen-bond donors (Lipinski definition) is 6. The van der Waals surface area contributed by atoms with Crippen LogP contribution in [0.4, 0.5) is 5.82 Å². The Morgan fingerprint density at radius 1 is 1.46 bits per heavy atom. The van der Waals surface area contributed by atoms with Crippen LogP contribution >= 0.6 is 7.82 Å². The van der Waals surface area contributed by atoms with E-state index in [9.17, 15) is 19.6 Å². The van der Waals surface area contributed by atoms with E-state index in [2.05, 4.69) is 9.51 Å². The SMILES string of the molecule is CCOC(=O)c1[nH]c[n+]([C@H]2O[C@@H](COP(=O)(O)O)[C@H](O)[C@@H]2O)c1N. The van der Waals surface area contributed by atoms with Crippen molar-refractivity contribution in [2.45, 2.75) is 31.5 Å². The van der Waals surface area contributed by atoms with E-state index in [1.165, 1.54) is 6.33 Å². The van der Waals surface area contributed by atoms with Crippen LogP contribution in [-0.2, 0) is 18.6 Å². The minimum atomic E-state index is -4.75. The summed E-state index contributed by atoms with van der Waals surface area (Å²) in [7, 11) is -4.75. The molecule has 1 fully saturated rings. The lowest BCUT2D eigenvalue weighted by Gasteiger charge is -2.14. The largest absolute Gasteiger partial charge is 0.469 e. The number of phosphoric acid groups is 1. The smallest absolute Gasteiger partial charge is 0.460 e. The number of aliphatic hydroxyl groups excluding tert-OH is 2. The molecular weight excluding hydrogens is 349 g/mol. The number of carbonyl (C=O) groups excluding carboxylic acids is 1. The van der Waals surface area contributed by atoms with Gasteiger partial charge in [-0.25, -0.2) is 13.9 Å². The van der Waals surface area contributed by atoms with Crippen molar-refractivity contribution in [1.82, 2.24) is 4.98 Å². The number of nitrogens with zero attached hydrogens (tertiary/aromatic N) is 1. The summed E-state index contributed by atoms with van der Waals surface area (Å²) in [5.74, 6) is -0.801. The van der Waals surface area contributed by atoms with Crippen LogP contribution in [0.2, 0.25) is 0 Å². The van der Waals surface area contributed by atoms with Crippen molar-refractivity contribution >= 4 is 19.6 Å². The van der Waals surface area contributed by atoms with Gasteiger partial charge < -0.3 is 35.2 Å². The fourth-order valence-corrected chi connectivity index (χ4v) is 2.59. The second kappa shape index (κ2) is 7.15. The van der Waals surface area contributed by atoms with E-state index < -0.39 is 44.9 Å². The van der Waals surface area contributed by atoms with Gasteiger partial charge in [-0.15, -0.1) is 0 Å². The summed E-state index contributed by atoms with van der Waals surface area (Å²) in [4.78, 5) is 31.6. The zero-order valence-corrected chi connectivity index (χ0v) is 13.5. The number of rotatable bonds is 6. The molecule has 12 nitrogen and oxygen atoms in total. The first-order valence-electron chi connectivity index (χ1n) is 6.92. The fraction of sp³-hybridized carbons (Fsp3) is 0.636. The number of H-pyrrole nitrogens is 1. The molecule has 1 aromatic rings. The summed E-state index contributed by atoms with van der Waals surface area (Å²) in [6.45, 7) is 1.12. The minimum Gasteiger partial charge on any atom is -0.460 e. The lowest BCUT2D eigenvalue weighted by atomic mass is 10.1.